The van der Waals surface area contributed by atoms with Crippen LogP contribution < -0.4 is 4.90 Å². The molecule has 1 spiro atoms. The lowest BCUT2D eigenvalue weighted by atomic mass is 9.93. The van der Waals surface area contributed by atoms with Crippen LogP contribution in [0.5, 0.6) is 0 Å². The summed E-state index contributed by atoms with van der Waals surface area (Å²) in [5.74, 6) is -0.738. The van der Waals surface area contributed by atoms with E-state index in [2.05, 4.69) is 54.4 Å². The molecule has 3 heteroatoms. The van der Waals surface area contributed by atoms with Gasteiger partial charge in [0.2, 0.25) is 5.79 Å². The van der Waals surface area contributed by atoms with E-state index >= 15 is 0 Å². The van der Waals surface area contributed by atoms with Gasteiger partial charge in [-0.3, -0.25) is 0 Å². The van der Waals surface area contributed by atoms with E-state index in [0.29, 0.717) is 13.2 Å². The summed E-state index contributed by atoms with van der Waals surface area (Å²) >= 11 is 0. The monoisotopic (exact) mass is 267 g/mol. The highest BCUT2D eigenvalue weighted by atomic mass is 16.7. The maximum absolute atomic E-state index is 6.11. The van der Waals surface area contributed by atoms with Crippen molar-refractivity contribution in [2.24, 2.45) is 0 Å². The fourth-order valence-corrected chi connectivity index (χ4v) is 3.27. The van der Waals surface area contributed by atoms with E-state index in [1.54, 1.807) is 0 Å². The molecular weight excluding hydrogens is 250 g/mol. The Morgan fingerprint density at radius 1 is 0.900 bits per heavy atom. The van der Waals surface area contributed by atoms with Crippen molar-refractivity contribution < 1.29 is 9.47 Å². The fraction of sp³-hybridized carbons (Fsp3) is 0.294. The number of fused-ring (bicyclic) bond motifs is 4. The average Bonchev–Trinajstić information content (AvgIpc) is 2.94. The first-order valence-corrected chi connectivity index (χ1v) is 6.98. The van der Waals surface area contributed by atoms with E-state index in [9.17, 15) is 0 Å². The molecule has 0 aromatic heterocycles. The first-order valence-electron chi connectivity index (χ1n) is 6.98. The number of rotatable bonds is 0. The number of hydrogen-bond acceptors (Lipinski definition) is 3. The van der Waals surface area contributed by atoms with Crippen LogP contribution in [0.25, 0.3) is 0 Å². The van der Waals surface area contributed by atoms with Crippen LogP contribution in [0.1, 0.15) is 16.7 Å². The van der Waals surface area contributed by atoms with E-state index in [1.165, 1.54) is 11.3 Å². The van der Waals surface area contributed by atoms with Crippen molar-refractivity contribution in [1.82, 2.24) is 0 Å². The first kappa shape index (κ1) is 11.9. The average molecular weight is 267 g/mol. The van der Waals surface area contributed by atoms with Crippen molar-refractivity contribution >= 4 is 5.69 Å². The lowest BCUT2D eigenvalue weighted by molar-refractivity contribution is -0.129. The maximum atomic E-state index is 6.11. The van der Waals surface area contributed by atoms with Crippen molar-refractivity contribution in [2.75, 3.05) is 25.2 Å². The molecule has 0 atom stereocenters. The highest BCUT2D eigenvalue weighted by molar-refractivity contribution is 5.61. The van der Waals surface area contributed by atoms with Crippen LogP contribution in [0.4, 0.5) is 5.69 Å². The second-order valence-electron chi connectivity index (χ2n) is 5.34. The highest BCUT2D eigenvalue weighted by Gasteiger charge is 2.45. The fourth-order valence-electron chi connectivity index (χ4n) is 3.27. The zero-order valence-electron chi connectivity index (χ0n) is 11.5. The molecule has 2 aromatic carbocycles. The maximum Gasteiger partial charge on any atom is 0.224 e. The first-order chi connectivity index (χ1) is 9.81. The molecule has 0 aliphatic carbocycles. The van der Waals surface area contributed by atoms with E-state index in [-0.39, 0.29) is 0 Å². The molecule has 102 valence electrons. The van der Waals surface area contributed by atoms with Crippen molar-refractivity contribution in [3.05, 3.63) is 65.2 Å². The lowest BCUT2D eigenvalue weighted by Gasteiger charge is -2.29. The topological polar surface area (TPSA) is 21.7 Å². The lowest BCUT2D eigenvalue weighted by Crippen LogP contribution is -2.29. The summed E-state index contributed by atoms with van der Waals surface area (Å²) in [4.78, 5) is 2.26. The minimum atomic E-state index is -0.738. The molecule has 0 amide bonds. The number of para-hydroxylation sites is 1. The minimum absolute atomic E-state index is 0.631. The molecule has 2 aromatic rings. The zero-order chi connectivity index (χ0) is 13.6. The van der Waals surface area contributed by atoms with Gasteiger partial charge in [0.15, 0.2) is 0 Å². The number of ether oxygens (including phenoxy) is 2. The van der Waals surface area contributed by atoms with Crippen LogP contribution in [0.15, 0.2) is 48.5 Å². The van der Waals surface area contributed by atoms with Gasteiger partial charge < -0.3 is 14.4 Å². The number of anilines is 1. The van der Waals surface area contributed by atoms with Crippen molar-refractivity contribution in [3.8, 4) is 0 Å². The van der Waals surface area contributed by atoms with Crippen LogP contribution >= 0.6 is 0 Å². The molecule has 1 saturated heterocycles. The Labute approximate surface area is 118 Å². The summed E-state index contributed by atoms with van der Waals surface area (Å²) in [7, 11) is 2.11. The third-order valence-electron chi connectivity index (χ3n) is 4.14. The van der Waals surface area contributed by atoms with Gasteiger partial charge in [-0.2, -0.15) is 0 Å². The van der Waals surface area contributed by atoms with Gasteiger partial charge in [0.25, 0.3) is 0 Å². The highest BCUT2D eigenvalue weighted by Crippen LogP contribution is 2.46. The summed E-state index contributed by atoms with van der Waals surface area (Å²) in [6.45, 7) is 2.13. The van der Waals surface area contributed by atoms with Gasteiger partial charge in [-0.15, -0.1) is 0 Å². The number of nitrogens with zero attached hydrogens (tertiary/aromatic N) is 1. The summed E-state index contributed by atoms with van der Waals surface area (Å²) in [6.07, 6.45) is 0. The Balaban J connectivity index is 2.04. The smallest absolute Gasteiger partial charge is 0.224 e. The predicted molar refractivity (Wildman–Crippen MR) is 77.7 cm³/mol. The molecule has 2 heterocycles. The molecule has 1 fully saturated rings. The quantitative estimate of drug-likeness (QED) is 0.732. The Morgan fingerprint density at radius 2 is 1.55 bits per heavy atom. The zero-order valence-corrected chi connectivity index (χ0v) is 11.5. The normalized spacial score (nSPS) is 19.6. The Hall–Kier alpha value is -1.84. The molecule has 20 heavy (non-hydrogen) atoms. The van der Waals surface area contributed by atoms with Crippen LogP contribution in [-0.4, -0.2) is 20.3 Å². The molecule has 2 aliphatic heterocycles. The van der Waals surface area contributed by atoms with Gasteiger partial charge in [-0.25, -0.2) is 0 Å². The third-order valence-corrected chi connectivity index (χ3v) is 4.14. The van der Waals surface area contributed by atoms with Crippen LogP contribution in [0.2, 0.25) is 0 Å². The molecule has 4 rings (SSSR count). The van der Waals surface area contributed by atoms with Gasteiger partial charge >= 0.3 is 0 Å². The summed E-state index contributed by atoms with van der Waals surface area (Å²) in [5.41, 5.74) is 4.66. The summed E-state index contributed by atoms with van der Waals surface area (Å²) in [5, 5.41) is 0. The van der Waals surface area contributed by atoms with Gasteiger partial charge in [-0.05, 0) is 11.6 Å². The summed E-state index contributed by atoms with van der Waals surface area (Å²) < 4.78 is 12.2. The minimum Gasteiger partial charge on any atom is -0.370 e. The van der Waals surface area contributed by atoms with E-state index in [1.807, 2.05) is 6.07 Å². The van der Waals surface area contributed by atoms with Gasteiger partial charge in [0.05, 0.1) is 13.2 Å². The Bertz CT molecular complexity index is 647. The molecule has 0 N–H and O–H groups in total. The standard InChI is InChI=1S/C17H17NO2/c1-18-12-13-6-2-3-7-14(13)17(19-10-11-20-17)15-8-4-5-9-16(15)18/h2-9H,10-12H2,1H3. The third kappa shape index (κ3) is 1.54. The van der Waals surface area contributed by atoms with Crippen molar-refractivity contribution in [3.63, 3.8) is 0 Å². The molecule has 0 unspecified atom stereocenters. The molecule has 0 bridgehead atoms. The van der Waals surface area contributed by atoms with Crippen LogP contribution in [0.3, 0.4) is 0 Å². The molecule has 0 saturated carbocycles. The van der Waals surface area contributed by atoms with Crippen LogP contribution in [-0.2, 0) is 21.8 Å². The molecule has 0 radical (unpaired) electrons. The summed E-state index contributed by atoms with van der Waals surface area (Å²) in [6, 6.07) is 16.8. The van der Waals surface area contributed by atoms with Gasteiger partial charge in [0, 0.05) is 30.4 Å². The molecule has 2 aliphatic rings. The number of hydrogen-bond donors (Lipinski definition) is 0. The van der Waals surface area contributed by atoms with Crippen LogP contribution in [0, 0.1) is 0 Å². The molecular formula is C17H17NO2. The van der Waals surface area contributed by atoms with E-state index in [0.717, 1.165) is 17.7 Å². The largest absolute Gasteiger partial charge is 0.370 e. The molecule has 3 nitrogen and oxygen atoms in total. The number of benzene rings is 2. The second kappa shape index (κ2) is 4.33. The van der Waals surface area contributed by atoms with Crippen molar-refractivity contribution in [2.45, 2.75) is 12.3 Å². The van der Waals surface area contributed by atoms with Gasteiger partial charge in [-0.1, -0.05) is 42.5 Å². The SMILES string of the molecule is CN1Cc2ccccc2C2(OCCO2)c2ccccc21. The van der Waals surface area contributed by atoms with Crippen molar-refractivity contribution in [1.29, 1.82) is 0 Å². The van der Waals surface area contributed by atoms with E-state index in [4.69, 9.17) is 9.47 Å². The Kier molecular flexibility index (Phi) is 2.59. The Morgan fingerprint density at radius 3 is 2.35 bits per heavy atom. The van der Waals surface area contributed by atoms with Gasteiger partial charge in [0.1, 0.15) is 0 Å². The van der Waals surface area contributed by atoms with E-state index < -0.39 is 5.79 Å². The predicted octanol–water partition coefficient (Wildman–Crippen LogP) is 2.88. The second-order valence-corrected chi connectivity index (χ2v) is 5.34.